The second-order valence-electron chi connectivity index (χ2n) is 3.69. The number of esters is 1. The Labute approximate surface area is 110 Å². The van der Waals surface area contributed by atoms with E-state index >= 15 is 0 Å². The number of hydrogen-bond acceptors (Lipinski definition) is 5. The van der Waals surface area contributed by atoms with Crippen LogP contribution in [0.1, 0.15) is 22.9 Å². The Morgan fingerprint density at radius 1 is 1.72 bits per heavy atom. The normalized spacial score (nSPS) is 11.7. The van der Waals surface area contributed by atoms with Crippen molar-refractivity contribution in [1.82, 2.24) is 5.32 Å². The van der Waals surface area contributed by atoms with Crippen molar-refractivity contribution in [2.45, 2.75) is 19.4 Å². The van der Waals surface area contributed by atoms with Gasteiger partial charge in [0.1, 0.15) is 6.04 Å². The fraction of sp³-hybridized carbons (Fsp3) is 0.545. The summed E-state index contributed by atoms with van der Waals surface area (Å²) in [5.41, 5.74) is 9.22. The average molecular weight is 268 g/mol. The summed E-state index contributed by atoms with van der Waals surface area (Å²) >= 11 is 1.52. The molecule has 0 radical (unpaired) electrons. The third-order valence-corrected chi connectivity index (χ3v) is 3.53. The first-order valence-electron chi connectivity index (χ1n) is 5.56. The van der Waals surface area contributed by atoms with Gasteiger partial charge in [-0.05, 0) is 42.4 Å². The van der Waals surface area contributed by atoms with Crippen LogP contribution in [-0.2, 0) is 9.53 Å². The molecule has 0 aromatic carbocycles. The standard InChI is InChI=1S/C11H16N4O2S/c1-8-4-7-18-10(8)9(11(16)17-2)13-5-3-6-14-15-12/h4,7,9,13H,3,5-6H2,1-2H3. The lowest BCUT2D eigenvalue weighted by molar-refractivity contribution is -0.143. The Bertz CT molecular complexity index is 440. The first-order chi connectivity index (χ1) is 8.70. The second kappa shape index (κ2) is 7.71. The van der Waals surface area contributed by atoms with Crippen LogP contribution in [0.3, 0.4) is 0 Å². The molecular formula is C11H16N4O2S. The van der Waals surface area contributed by atoms with Gasteiger partial charge in [-0.15, -0.1) is 11.3 Å². The molecule has 98 valence electrons. The highest BCUT2D eigenvalue weighted by molar-refractivity contribution is 7.10. The number of nitrogens with zero attached hydrogens (tertiary/aromatic N) is 3. The molecule has 0 saturated heterocycles. The fourth-order valence-corrected chi connectivity index (χ4v) is 2.51. The molecule has 18 heavy (non-hydrogen) atoms. The van der Waals surface area contributed by atoms with E-state index in [2.05, 4.69) is 15.3 Å². The van der Waals surface area contributed by atoms with E-state index in [4.69, 9.17) is 10.3 Å². The zero-order valence-corrected chi connectivity index (χ0v) is 11.2. The van der Waals surface area contributed by atoms with E-state index in [9.17, 15) is 4.79 Å². The van der Waals surface area contributed by atoms with Gasteiger partial charge in [-0.1, -0.05) is 5.11 Å². The lowest BCUT2D eigenvalue weighted by Gasteiger charge is -2.15. The van der Waals surface area contributed by atoms with Crippen LogP contribution in [0.2, 0.25) is 0 Å². The maximum Gasteiger partial charge on any atom is 0.328 e. The molecule has 1 atom stereocenters. The molecule has 1 heterocycles. The molecule has 1 N–H and O–H groups in total. The summed E-state index contributed by atoms with van der Waals surface area (Å²) in [4.78, 5) is 15.4. The van der Waals surface area contributed by atoms with Gasteiger partial charge in [-0.3, -0.25) is 0 Å². The number of aryl methyl sites for hydroxylation is 1. The van der Waals surface area contributed by atoms with Gasteiger partial charge >= 0.3 is 5.97 Å². The first kappa shape index (κ1) is 14.5. The molecule has 6 nitrogen and oxygen atoms in total. The monoisotopic (exact) mass is 268 g/mol. The molecule has 0 aliphatic rings. The maximum absolute atomic E-state index is 11.7. The van der Waals surface area contributed by atoms with Crippen molar-refractivity contribution in [2.24, 2.45) is 5.11 Å². The van der Waals surface area contributed by atoms with E-state index in [-0.39, 0.29) is 5.97 Å². The van der Waals surface area contributed by atoms with E-state index in [0.717, 1.165) is 10.4 Å². The molecular weight excluding hydrogens is 252 g/mol. The third-order valence-electron chi connectivity index (χ3n) is 2.45. The molecule has 0 amide bonds. The van der Waals surface area contributed by atoms with Gasteiger partial charge in [-0.25, -0.2) is 4.79 Å². The van der Waals surface area contributed by atoms with E-state index in [0.29, 0.717) is 19.5 Å². The lowest BCUT2D eigenvalue weighted by Crippen LogP contribution is -2.30. The molecule has 1 aromatic heterocycles. The number of hydrogen-bond donors (Lipinski definition) is 1. The Balaban J connectivity index is 2.60. The number of nitrogens with one attached hydrogen (secondary N) is 1. The lowest BCUT2D eigenvalue weighted by atomic mass is 10.1. The number of thiophene rings is 1. The van der Waals surface area contributed by atoms with Crippen LogP contribution in [0, 0.1) is 6.92 Å². The van der Waals surface area contributed by atoms with E-state index < -0.39 is 6.04 Å². The molecule has 1 unspecified atom stereocenters. The summed E-state index contributed by atoms with van der Waals surface area (Å²) in [7, 11) is 1.37. The molecule has 7 heteroatoms. The van der Waals surface area contributed by atoms with Gasteiger partial charge in [0.2, 0.25) is 0 Å². The van der Waals surface area contributed by atoms with Crippen molar-refractivity contribution in [3.05, 3.63) is 32.3 Å². The third kappa shape index (κ3) is 4.03. The number of carbonyl (C=O) groups excluding carboxylic acids is 1. The van der Waals surface area contributed by atoms with Crippen LogP contribution in [0.15, 0.2) is 16.6 Å². The molecule has 0 bridgehead atoms. The summed E-state index contributed by atoms with van der Waals surface area (Å²) in [6.45, 7) is 2.97. The van der Waals surface area contributed by atoms with Gasteiger partial charge in [0.05, 0.1) is 7.11 Å². The van der Waals surface area contributed by atoms with Gasteiger partial charge in [0, 0.05) is 16.3 Å². The van der Waals surface area contributed by atoms with Gasteiger partial charge in [0.15, 0.2) is 0 Å². The van der Waals surface area contributed by atoms with Crippen molar-refractivity contribution in [3.8, 4) is 0 Å². The van der Waals surface area contributed by atoms with Crippen molar-refractivity contribution < 1.29 is 9.53 Å². The van der Waals surface area contributed by atoms with Crippen molar-refractivity contribution in [3.63, 3.8) is 0 Å². The molecule has 0 aliphatic carbocycles. The fourth-order valence-electron chi connectivity index (χ4n) is 1.52. The summed E-state index contributed by atoms with van der Waals surface area (Å²) < 4.78 is 4.79. The average Bonchev–Trinajstić information content (AvgIpc) is 2.79. The zero-order chi connectivity index (χ0) is 13.4. The predicted octanol–water partition coefficient (Wildman–Crippen LogP) is 2.56. The van der Waals surface area contributed by atoms with Crippen LogP contribution < -0.4 is 5.32 Å². The Kier molecular flexibility index (Phi) is 6.21. The minimum atomic E-state index is -0.443. The van der Waals surface area contributed by atoms with Crippen molar-refractivity contribution in [1.29, 1.82) is 0 Å². The van der Waals surface area contributed by atoms with Crippen molar-refractivity contribution in [2.75, 3.05) is 20.2 Å². The molecule has 0 spiro atoms. The highest BCUT2D eigenvalue weighted by Gasteiger charge is 2.23. The largest absolute Gasteiger partial charge is 0.468 e. The number of ether oxygens (including phenoxy) is 1. The maximum atomic E-state index is 11.7. The summed E-state index contributed by atoms with van der Waals surface area (Å²) in [5.74, 6) is -0.302. The highest BCUT2D eigenvalue weighted by Crippen LogP contribution is 2.24. The van der Waals surface area contributed by atoms with E-state index in [1.165, 1.54) is 18.4 Å². The molecule has 1 rings (SSSR count). The van der Waals surface area contributed by atoms with Crippen LogP contribution in [-0.4, -0.2) is 26.2 Å². The predicted molar refractivity (Wildman–Crippen MR) is 70.4 cm³/mol. The Morgan fingerprint density at radius 3 is 3.06 bits per heavy atom. The number of methoxy groups -OCH3 is 1. The summed E-state index contributed by atoms with van der Waals surface area (Å²) in [6, 6.07) is 1.53. The summed E-state index contributed by atoms with van der Waals surface area (Å²) in [6.07, 6.45) is 0.683. The van der Waals surface area contributed by atoms with Crippen molar-refractivity contribution >= 4 is 17.3 Å². The Hall–Kier alpha value is -1.56. The molecule has 0 aliphatic heterocycles. The van der Waals surface area contributed by atoms with Crippen LogP contribution in [0.4, 0.5) is 0 Å². The van der Waals surface area contributed by atoms with Crippen LogP contribution in [0.5, 0.6) is 0 Å². The molecule has 1 aromatic rings. The Morgan fingerprint density at radius 2 is 2.50 bits per heavy atom. The minimum absolute atomic E-state index is 0.302. The van der Waals surface area contributed by atoms with Gasteiger partial charge in [0.25, 0.3) is 0 Å². The summed E-state index contributed by atoms with van der Waals surface area (Å²) in [5, 5.41) is 8.51. The van der Waals surface area contributed by atoms with Crippen LogP contribution >= 0.6 is 11.3 Å². The number of azide groups is 1. The van der Waals surface area contributed by atoms with E-state index in [1.54, 1.807) is 0 Å². The van der Waals surface area contributed by atoms with Crippen LogP contribution in [0.25, 0.3) is 10.4 Å². The minimum Gasteiger partial charge on any atom is -0.468 e. The number of rotatable bonds is 7. The highest BCUT2D eigenvalue weighted by atomic mass is 32.1. The SMILES string of the molecule is COC(=O)C(NCCCN=[N+]=[N-])c1sccc1C. The quantitative estimate of drug-likeness (QED) is 0.271. The van der Waals surface area contributed by atoms with Gasteiger partial charge < -0.3 is 10.1 Å². The molecule has 0 saturated carbocycles. The number of carbonyl (C=O) groups is 1. The smallest absolute Gasteiger partial charge is 0.328 e. The zero-order valence-electron chi connectivity index (χ0n) is 10.4. The second-order valence-corrected chi connectivity index (χ2v) is 4.63. The first-order valence-corrected chi connectivity index (χ1v) is 6.44. The van der Waals surface area contributed by atoms with E-state index in [1.807, 2.05) is 18.4 Å². The molecule has 0 fully saturated rings. The van der Waals surface area contributed by atoms with Gasteiger partial charge in [-0.2, -0.15) is 0 Å². The topological polar surface area (TPSA) is 87.1 Å².